The van der Waals surface area contributed by atoms with Crippen LogP contribution in [-0.4, -0.2) is 22.9 Å². The molecule has 6 heteroatoms. The Bertz CT molecular complexity index is 950. The van der Waals surface area contributed by atoms with Crippen LogP contribution in [-0.2, 0) is 17.6 Å². The van der Waals surface area contributed by atoms with Crippen LogP contribution in [0.25, 0.3) is 0 Å². The van der Waals surface area contributed by atoms with E-state index in [0.717, 1.165) is 50.5 Å². The lowest BCUT2D eigenvalue weighted by atomic mass is 9.75. The molecule has 1 heterocycles. The molecule has 1 unspecified atom stereocenters. The van der Waals surface area contributed by atoms with Gasteiger partial charge in [-0.3, -0.25) is 9.59 Å². The van der Waals surface area contributed by atoms with Crippen LogP contribution < -0.4 is 15.8 Å². The second-order valence-electron chi connectivity index (χ2n) is 8.78. The number of carbonyl (C=O) groups excluding carboxylic acids is 2. The number of nitrogens with one attached hydrogen (secondary N) is 1. The van der Waals surface area contributed by atoms with Crippen molar-refractivity contribution in [2.45, 2.75) is 64.4 Å². The lowest BCUT2D eigenvalue weighted by molar-refractivity contribution is -0.126. The molecule has 0 aliphatic heterocycles. The minimum Gasteiger partial charge on any atom is -0.490 e. The van der Waals surface area contributed by atoms with Crippen molar-refractivity contribution in [3.05, 3.63) is 53.2 Å². The number of hydrogen-bond donors (Lipinski definition) is 2. The van der Waals surface area contributed by atoms with Crippen molar-refractivity contribution in [1.29, 1.82) is 0 Å². The molecule has 2 amide bonds. The van der Waals surface area contributed by atoms with Gasteiger partial charge in [-0.25, -0.2) is 4.98 Å². The van der Waals surface area contributed by atoms with Crippen molar-refractivity contribution < 1.29 is 14.3 Å². The number of benzene rings is 1. The molecule has 0 saturated heterocycles. The first kappa shape index (κ1) is 20.4. The molecule has 1 fully saturated rings. The number of aromatic nitrogens is 1. The topological polar surface area (TPSA) is 94.3 Å². The molecule has 2 aliphatic rings. The SMILES string of the molecule is CC1(C(=O)Nc2cc(OC3CCc4cc(C(N)=O)ccc4C3)ccn2)CCCCC1. The van der Waals surface area contributed by atoms with Crippen molar-refractivity contribution in [2.24, 2.45) is 11.1 Å². The fourth-order valence-electron chi connectivity index (χ4n) is 4.55. The molecular formula is C24H29N3O3. The van der Waals surface area contributed by atoms with Gasteiger partial charge in [-0.1, -0.05) is 32.3 Å². The van der Waals surface area contributed by atoms with E-state index in [2.05, 4.69) is 10.3 Å². The maximum Gasteiger partial charge on any atom is 0.248 e. The highest BCUT2D eigenvalue weighted by molar-refractivity contribution is 5.94. The zero-order valence-electron chi connectivity index (χ0n) is 17.4. The molecule has 3 N–H and O–H groups in total. The molecule has 2 aliphatic carbocycles. The third kappa shape index (κ3) is 4.48. The molecule has 6 nitrogen and oxygen atoms in total. The molecule has 30 heavy (non-hydrogen) atoms. The van der Waals surface area contributed by atoms with Gasteiger partial charge in [-0.05, 0) is 55.0 Å². The fourth-order valence-corrected chi connectivity index (χ4v) is 4.55. The van der Waals surface area contributed by atoms with E-state index in [0.29, 0.717) is 17.1 Å². The highest BCUT2D eigenvalue weighted by Gasteiger charge is 2.34. The van der Waals surface area contributed by atoms with Crippen LogP contribution >= 0.6 is 0 Å². The lowest BCUT2D eigenvalue weighted by Gasteiger charge is -2.31. The largest absolute Gasteiger partial charge is 0.490 e. The monoisotopic (exact) mass is 407 g/mol. The predicted molar refractivity (Wildman–Crippen MR) is 115 cm³/mol. The summed E-state index contributed by atoms with van der Waals surface area (Å²) in [5, 5.41) is 2.99. The van der Waals surface area contributed by atoms with Crippen molar-refractivity contribution in [3.8, 4) is 5.75 Å². The minimum atomic E-state index is -0.398. The molecule has 1 aromatic carbocycles. The van der Waals surface area contributed by atoms with Gasteiger partial charge in [0.1, 0.15) is 17.7 Å². The van der Waals surface area contributed by atoms with E-state index >= 15 is 0 Å². The van der Waals surface area contributed by atoms with Crippen molar-refractivity contribution in [3.63, 3.8) is 0 Å². The van der Waals surface area contributed by atoms with Crippen LogP contribution in [0.4, 0.5) is 5.82 Å². The van der Waals surface area contributed by atoms with Gasteiger partial charge in [-0.15, -0.1) is 0 Å². The smallest absolute Gasteiger partial charge is 0.248 e. The average Bonchev–Trinajstić information content (AvgIpc) is 2.74. The van der Waals surface area contributed by atoms with E-state index in [1.165, 1.54) is 12.0 Å². The number of carbonyl (C=O) groups is 2. The number of amides is 2. The average molecular weight is 408 g/mol. The first-order chi connectivity index (χ1) is 14.4. The lowest BCUT2D eigenvalue weighted by Crippen LogP contribution is -2.35. The summed E-state index contributed by atoms with van der Waals surface area (Å²) in [6.07, 6.45) is 9.45. The van der Waals surface area contributed by atoms with Crippen LogP contribution in [0.15, 0.2) is 36.5 Å². The number of nitrogens with two attached hydrogens (primary N) is 1. The predicted octanol–water partition coefficient (Wildman–Crippen LogP) is 4.03. The Balaban J connectivity index is 1.40. The standard InChI is InChI=1S/C24H29N3O3/c1-24(10-3-2-4-11-24)23(29)27-21-15-20(9-12-26-21)30-19-8-7-16-13-18(22(25)28)6-5-17(16)14-19/h5-6,9,12-13,15,19H,2-4,7-8,10-11,14H2,1H3,(H2,25,28)(H,26,27,29). The Kier molecular flexibility index (Phi) is 5.75. The van der Waals surface area contributed by atoms with Crippen molar-refractivity contribution in [2.75, 3.05) is 5.32 Å². The van der Waals surface area contributed by atoms with Gasteiger partial charge in [0.05, 0.1) is 0 Å². The number of aryl methyl sites for hydroxylation is 1. The quantitative estimate of drug-likeness (QED) is 0.782. The molecule has 0 bridgehead atoms. The van der Waals surface area contributed by atoms with Gasteiger partial charge in [0.15, 0.2) is 0 Å². The molecule has 1 saturated carbocycles. The normalized spacial score (nSPS) is 20.1. The molecule has 158 valence electrons. The molecule has 1 atom stereocenters. The van der Waals surface area contributed by atoms with Gasteiger partial charge in [0.2, 0.25) is 11.8 Å². The van der Waals surface area contributed by atoms with E-state index in [-0.39, 0.29) is 17.4 Å². The summed E-state index contributed by atoms with van der Waals surface area (Å²) in [4.78, 5) is 28.5. The Morgan fingerprint density at radius 3 is 2.70 bits per heavy atom. The molecule has 4 rings (SSSR count). The highest BCUT2D eigenvalue weighted by Crippen LogP contribution is 2.37. The zero-order chi connectivity index (χ0) is 21.1. The van der Waals surface area contributed by atoms with Crippen LogP contribution in [0, 0.1) is 5.41 Å². The summed E-state index contributed by atoms with van der Waals surface area (Å²) < 4.78 is 6.20. The van der Waals surface area contributed by atoms with Crippen molar-refractivity contribution >= 4 is 17.6 Å². The second-order valence-corrected chi connectivity index (χ2v) is 8.78. The maximum absolute atomic E-state index is 12.8. The maximum atomic E-state index is 12.8. The summed E-state index contributed by atoms with van der Waals surface area (Å²) in [5.41, 5.74) is 7.97. The number of hydrogen-bond acceptors (Lipinski definition) is 4. The van der Waals surface area contributed by atoms with Gasteiger partial charge >= 0.3 is 0 Å². The summed E-state index contributed by atoms with van der Waals surface area (Å²) in [6.45, 7) is 2.05. The third-order valence-corrected chi connectivity index (χ3v) is 6.46. The molecule has 1 aromatic heterocycles. The van der Waals surface area contributed by atoms with Crippen LogP contribution in [0.5, 0.6) is 5.75 Å². The van der Waals surface area contributed by atoms with E-state index in [9.17, 15) is 9.59 Å². The number of primary amides is 1. The third-order valence-electron chi connectivity index (χ3n) is 6.46. The summed E-state index contributed by atoms with van der Waals surface area (Å²) in [5.74, 6) is 0.885. The number of anilines is 1. The number of pyridine rings is 1. The Morgan fingerprint density at radius 2 is 1.93 bits per heavy atom. The van der Waals surface area contributed by atoms with E-state index < -0.39 is 5.91 Å². The van der Waals surface area contributed by atoms with E-state index in [4.69, 9.17) is 10.5 Å². The Hall–Kier alpha value is -2.89. The first-order valence-electron chi connectivity index (χ1n) is 10.8. The zero-order valence-corrected chi connectivity index (χ0v) is 17.4. The summed E-state index contributed by atoms with van der Waals surface area (Å²) in [6, 6.07) is 9.25. The molecular weight excluding hydrogens is 378 g/mol. The van der Waals surface area contributed by atoms with Gasteiger partial charge in [0, 0.05) is 29.7 Å². The summed E-state index contributed by atoms with van der Waals surface area (Å²) in [7, 11) is 0. The van der Waals surface area contributed by atoms with Gasteiger partial charge in [0.25, 0.3) is 0 Å². The number of rotatable bonds is 5. The van der Waals surface area contributed by atoms with Crippen LogP contribution in [0.1, 0.15) is 66.9 Å². The molecule has 0 spiro atoms. The van der Waals surface area contributed by atoms with Gasteiger partial charge in [-0.2, -0.15) is 0 Å². The number of nitrogens with zero attached hydrogens (tertiary/aromatic N) is 1. The van der Waals surface area contributed by atoms with Crippen LogP contribution in [0.2, 0.25) is 0 Å². The fraction of sp³-hybridized carbons (Fsp3) is 0.458. The Morgan fingerprint density at radius 1 is 1.13 bits per heavy atom. The Labute approximate surface area is 177 Å². The minimum absolute atomic E-state index is 0.0405. The second kappa shape index (κ2) is 8.46. The molecule has 2 aromatic rings. The van der Waals surface area contributed by atoms with Gasteiger partial charge < -0.3 is 15.8 Å². The van der Waals surface area contributed by atoms with Crippen molar-refractivity contribution in [1.82, 2.24) is 4.98 Å². The highest BCUT2D eigenvalue weighted by atomic mass is 16.5. The van der Waals surface area contributed by atoms with E-state index in [1.54, 1.807) is 18.3 Å². The van der Waals surface area contributed by atoms with Crippen LogP contribution in [0.3, 0.4) is 0 Å². The number of fused-ring (bicyclic) bond motifs is 1. The summed E-state index contributed by atoms with van der Waals surface area (Å²) >= 11 is 0. The number of ether oxygens (including phenoxy) is 1. The molecule has 0 radical (unpaired) electrons. The van der Waals surface area contributed by atoms with E-state index in [1.807, 2.05) is 25.1 Å². The first-order valence-corrected chi connectivity index (χ1v) is 10.8.